The van der Waals surface area contributed by atoms with Crippen LogP contribution in [0.25, 0.3) is 0 Å². The smallest absolute Gasteiger partial charge is 0.285 e. The van der Waals surface area contributed by atoms with E-state index in [2.05, 4.69) is 9.71 Å². The van der Waals surface area contributed by atoms with Crippen molar-refractivity contribution in [2.45, 2.75) is 42.7 Å². The van der Waals surface area contributed by atoms with Crippen LogP contribution < -0.4 is 5.32 Å². The van der Waals surface area contributed by atoms with Crippen molar-refractivity contribution < 1.29 is 21.6 Å². The molecule has 1 unspecified atom stereocenters. The number of carbonyl (C=O) groups excluding carboxylic acids is 1. The van der Waals surface area contributed by atoms with Gasteiger partial charge in [0.2, 0.25) is 15.9 Å². The zero-order chi connectivity index (χ0) is 20.8. The lowest BCUT2D eigenvalue weighted by atomic mass is 10.1. The standard InChI is InChI=1S/C18H24N4O5S2/c1-28(24,25)21-10-4-6-13(12-21)19-18(23)15-8-5-11-22(15)17-14-7-2-3-9-16(14)29(26,27)20-17/h2-3,7,9,13,15H,4-6,8,10-12H2,1H3,(H,19,23)/t13?,15-/m0/s1. The maximum atomic E-state index is 13.0. The number of sulfonamides is 2. The third-order valence-corrected chi connectivity index (χ3v) is 8.23. The van der Waals surface area contributed by atoms with Crippen molar-refractivity contribution in [1.82, 2.24) is 14.5 Å². The Kier molecular flexibility index (Phi) is 5.16. The molecule has 2 fully saturated rings. The first kappa shape index (κ1) is 20.3. The topological polar surface area (TPSA) is 116 Å². The molecule has 0 aliphatic carbocycles. The maximum Gasteiger partial charge on any atom is 0.285 e. The van der Waals surface area contributed by atoms with Crippen LogP contribution in [0.15, 0.2) is 33.6 Å². The molecule has 2 saturated heterocycles. The Morgan fingerprint density at radius 3 is 2.66 bits per heavy atom. The van der Waals surface area contributed by atoms with Crippen molar-refractivity contribution in [3.8, 4) is 0 Å². The minimum Gasteiger partial charge on any atom is -0.350 e. The first-order valence-corrected chi connectivity index (χ1v) is 12.9. The van der Waals surface area contributed by atoms with Crippen molar-refractivity contribution >= 4 is 31.8 Å². The normalized spacial score (nSPS) is 26.8. The molecule has 1 aromatic carbocycles. The molecule has 1 N–H and O–H groups in total. The molecule has 3 aliphatic rings. The van der Waals surface area contributed by atoms with Crippen molar-refractivity contribution in [3.05, 3.63) is 29.8 Å². The van der Waals surface area contributed by atoms with E-state index in [1.807, 2.05) is 0 Å². The minimum absolute atomic E-state index is 0.164. The second-order valence-corrected chi connectivity index (χ2v) is 11.3. The number of amides is 1. The van der Waals surface area contributed by atoms with Gasteiger partial charge < -0.3 is 10.2 Å². The number of nitrogens with zero attached hydrogens (tertiary/aromatic N) is 3. The van der Waals surface area contributed by atoms with E-state index in [-0.39, 0.29) is 23.4 Å². The summed E-state index contributed by atoms with van der Waals surface area (Å²) in [6.07, 6.45) is 3.91. The Bertz CT molecular complexity index is 1070. The van der Waals surface area contributed by atoms with E-state index in [1.54, 1.807) is 23.1 Å². The highest BCUT2D eigenvalue weighted by Gasteiger charge is 2.40. The van der Waals surface area contributed by atoms with Crippen molar-refractivity contribution in [2.24, 2.45) is 4.40 Å². The lowest BCUT2D eigenvalue weighted by Crippen LogP contribution is -2.54. The molecule has 0 aromatic heterocycles. The molecule has 3 heterocycles. The van der Waals surface area contributed by atoms with Gasteiger partial charge in [0.05, 0.1) is 6.26 Å². The molecule has 158 valence electrons. The van der Waals surface area contributed by atoms with E-state index in [9.17, 15) is 21.6 Å². The van der Waals surface area contributed by atoms with Gasteiger partial charge in [-0.15, -0.1) is 4.40 Å². The number of carbonyl (C=O) groups is 1. The average Bonchev–Trinajstić information content (AvgIpc) is 3.24. The van der Waals surface area contributed by atoms with E-state index < -0.39 is 26.1 Å². The van der Waals surface area contributed by atoms with Crippen molar-refractivity contribution in [2.75, 3.05) is 25.9 Å². The van der Waals surface area contributed by atoms with Crippen LogP contribution in [0.2, 0.25) is 0 Å². The number of hydrogen-bond donors (Lipinski definition) is 1. The van der Waals surface area contributed by atoms with Gasteiger partial charge in [-0.3, -0.25) is 4.79 Å². The minimum atomic E-state index is -3.75. The third-order valence-electron chi connectivity index (χ3n) is 5.64. The van der Waals surface area contributed by atoms with Gasteiger partial charge in [0.25, 0.3) is 10.0 Å². The van der Waals surface area contributed by atoms with E-state index in [1.165, 1.54) is 16.6 Å². The fraction of sp³-hybridized carbons (Fsp3) is 0.556. The second kappa shape index (κ2) is 7.37. The van der Waals surface area contributed by atoms with Crippen LogP contribution in [0.3, 0.4) is 0 Å². The molecule has 4 rings (SSSR count). The number of piperidine rings is 1. The molecule has 11 heteroatoms. The summed E-state index contributed by atoms with van der Waals surface area (Å²) in [5.41, 5.74) is 0.521. The van der Waals surface area contributed by atoms with Crippen LogP contribution in [-0.2, 0) is 24.8 Å². The lowest BCUT2D eigenvalue weighted by Gasteiger charge is -2.33. The lowest BCUT2D eigenvalue weighted by molar-refractivity contribution is -0.125. The number of fused-ring (bicyclic) bond motifs is 1. The summed E-state index contributed by atoms with van der Waals surface area (Å²) in [7, 11) is -7.05. The molecule has 0 saturated carbocycles. The third kappa shape index (κ3) is 3.90. The molecular formula is C18H24N4O5S2. The van der Waals surface area contributed by atoms with E-state index in [4.69, 9.17) is 0 Å². The Morgan fingerprint density at radius 1 is 1.17 bits per heavy atom. The first-order valence-electron chi connectivity index (χ1n) is 9.63. The van der Waals surface area contributed by atoms with E-state index in [0.29, 0.717) is 43.8 Å². The summed E-state index contributed by atoms with van der Waals surface area (Å²) in [4.78, 5) is 14.9. The fourth-order valence-electron chi connectivity index (χ4n) is 4.25. The number of benzene rings is 1. The fourth-order valence-corrected chi connectivity index (χ4v) is 6.38. The van der Waals surface area contributed by atoms with Crippen LogP contribution in [0.1, 0.15) is 31.2 Å². The van der Waals surface area contributed by atoms with Crippen molar-refractivity contribution in [3.63, 3.8) is 0 Å². The second-order valence-electron chi connectivity index (χ2n) is 7.71. The van der Waals surface area contributed by atoms with E-state index >= 15 is 0 Å². The molecule has 0 radical (unpaired) electrons. The van der Waals surface area contributed by atoms with E-state index in [0.717, 1.165) is 6.42 Å². The monoisotopic (exact) mass is 440 g/mol. The first-order chi connectivity index (χ1) is 13.7. The van der Waals surface area contributed by atoms with Gasteiger partial charge in [-0.25, -0.2) is 12.7 Å². The number of nitrogens with one attached hydrogen (secondary N) is 1. The Balaban J connectivity index is 1.52. The molecular weight excluding hydrogens is 416 g/mol. The molecule has 1 aromatic rings. The number of rotatable bonds is 3. The summed E-state index contributed by atoms with van der Waals surface area (Å²) >= 11 is 0. The van der Waals surface area contributed by atoms with Crippen LogP contribution in [0, 0.1) is 0 Å². The molecule has 1 amide bonds. The summed E-state index contributed by atoms with van der Waals surface area (Å²) in [6.45, 7) is 1.27. The van der Waals surface area contributed by atoms with Gasteiger partial charge in [0.1, 0.15) is 10.9 Å². The summed E-state index contributed by atoms with van der Waals surface area (Å²) in [5.74, 6) is 0.104. The summed E-state index contributed by atoms with van der Waals surface area (Å²) < 4.78 is 53.7. The predicted octanol–water partition coefficient (Wildman–Crippen LogP) is 0.140. The van der Waals surface area contributed by atoms with Gasteiger partial charge in [-0.1, -0.05) is 12.1 Å². The highest BCUT2D eigenvalue weighted by atomic mass is 32.2. The molecule has 2 atom stereocenters. The van der Waals surface area contributed by atoms with Crippen LogP contribution in [0.5, 0.6) is 0 Å². The predicted molar refractivity (Wildman–Crippen MR) is 107 cm³/mol. The van der Waals surface area contributed by atoms with Gasteiger partial charge >= 0.3 is 0 Å². The number of amidine groups is 1. The highest BCUT2D eigenvalue weighted by Crippen LogP contribution is 2.31. The Labute approximate surface area is 170 Å². The van der Waals surface area contributed by atoms with Gasteiger partial charge in [0, 0.05) is 31.2 Å². The summed E-state index contributed by atoms with van der Waals surface area (Å²) in [6, 6.07) is 5.85. The van der Waals surface area contributed by atoms with Crippen LogP contribution in [0.4, 0.5) is 0 Å². The maximum absolute atomic E-state index is 13.0. The highest BCUT2D eigenvalue weighted by molar-refractivity contribution is 7.90. The largest absolute Gasteiger partial charge is 0.350 e. The molecule has 0 spiro atoms. The number of likely N-dealkylation sites (tertiary alicyclic amines) is 1. The number of hydrogen-bond acceptors (Lipinski definition) is 6. The zero-order valence-corrected chi connectivity index (χ0v) is 17.7. The Hall–Kier alpha value is -1.98. The summed E-state index contributed by atoms with van der Waals surface area (Å²) in [5, 5.41) is 2.97. The molecule has 29 heavy (non-hydrogen) atoms. The zero-order valence-electron chi connectivity index (χ0n) is 16.1. The van der Waals surface area contributed by atoms with Crippen LogP contribution in [-0.4, -0.2) is 75.8 Å². The van der Waals surface area contributed by atoms with Crippen molar-refractivity contribution in [1.29, 1.82) is 0 Å². The molecule has 3 aliphatic heterocycles. The average molecular weight is 441 g/mol. The quantitative estimate of drug-likeness (QED) is 0.715. The van der Waals surface area contributed by atoms with Crippen LogP contribution >= 0.6 is 0 Å². The molecule has 0 bridgehead atoms. The van der Waals surface area contributed by atoms with Gasteiger partial charge in [0.15, 0.2) is 5.84 Å². The van der Waals surface area contributed by atoms with Gasteiger partial charge in [-0.05, 0) is 37.8 Å². The SMILES string of the molecule is CS(=O)(=O)N1CCCC(NC(=O)[C@@H]2CCCN2C2=NS(=O)(=O)c3ccccc32)C1. The Morgan fingerprint density at radius 2 is 1.90 bits per heavy atom. The molecule has 9 nitrogen and oxygen atoms in total. The van der Waals surface area contributed by atoms with Gasteiger partial charge in [-0.2, -0.15) is 8.42 Å².